The van der Waals surface area contributed by atoms with Crippen LogP contribution in [0, 0.1) is 0 Å². The smallest absolute Gasteiger partial charge is 0.179 e. The van der Waals surface area contributed by atoms with Crippen molar-refractivity contribution in [2.45, 2.75) is 20.3 Å². The lowest BCUT2D eigenvalue weighted by molar-refractivity contribution is 0.0934. The minimum absolute atomic E-state index is 0.0449. The summed E-state index contributed by atoms with van der Waals surface area (Å²) in [7, 11) is 0. The molecule has 0 fully saturated rings. The van der Waals surface area contributed by atoms with Crippen LogP contribution < -0.4 is 0 Å². The zero-order valence-electron chi connectivity index (χ0n) is 9.43. The van der Waals surface area contributed by atoms with Gasteiger partial charge in [0.1, 0.15) is 4.34 Å². The Morgan fingerprint density at radius 3 is 2.56 bits per heavy atom. The van der Waals surface area contributed by atoms with Gasteiger partial charge < -0.3 is 0 Å². The van der Waals surface area contributed by atoms with Gasteiger partial charge in [-0.2, -0.15) is 0 Å². The van der Waals surface area contributed by atoms with Crippen LogP contribution in [0.25, 0.3) is 0 Å². The molecule has 0 aliphatic rings. The van der Waals surface area contributed by atoms with E-state index in [-0.39, 0.29) is 5.78 Å². The van der Waals surface area contributed by atoms with Crippen LogP contribution in [0.5, 0.6) is 0 Å². The summed E-state index contributed by atoms with van der Waals surface area (Å²) in [4.78, 5) is 14.0. The number of hydrogen-bond donors (Lipinski definition) is 0. The monoisotopic (exact) mass is 279 g/mol. The average Bonchev–Trinajstić information content (AvgIpc) is 2.57. The predicted octanol–water partition coefficient (Wildman–Crippen LogP) is 3.97. The van der Waals surface area contributed by atoms with Crippen molar-refractivity contribution >= 4 is 40.3 Å². The van der Waals surface area contributed by atoms with Gasteiger partial charge in [-0.1, -0.05) is 37.0 Å². The maximum Gasteiger partial charge on any atom is 0.179 e. The first kappa shape index (κ1) is 14.0. The van der Waals surface area contributed by atoms with Crippen molar-refractivity contribution in [3.8, 4) is 0 Å². The third-order valence-corrected chi connectivity index (χ3v) is 3.80. The zero-order valence-corrected chi connectivity index (χ0v) is 11.8. The highest BCUT2D eigenvalue weighted by molar-refractivity contribution is 7.20. The van der Waals surface area contributed by atoms with E-state index in [1.807, 2.05) is 6.92 Å². The van der Waals surface area contributed by atoms with E-state index in [9.17, 15) is 4.79 Å². The number of hydrogen-bond acceptors (Lipinski definition) is 3. The fourth-order valence-corrected chi connectivity index (χ4v) is 2.98. The van der Waals surface area contributed by atoms with Crippen molar-refractivity contribution in [2.75, 3.05) is 19.6 Å². The highest BCUT2D eigenvalue weighted by atomic mass is 35.5. The molecule has 90 valence electrons. The molecular weight excluding hydrogens is 265 g/mol. The fourth-order valence-electron chi connectivity index (χ4n) is 1.48. The van der Waals surface area contributed by atoms with Gasteiger partial charge in [-0.15, -0.1) is 11.3 Å². The lowest BCUT2D eigenvalue weighted by Crippen LogP contribution is -2.30. The Hall–Kier alpha value is -0.0900. The third kappa shape index (κ3) is 3.74. The summed E-state index contributed by atoms with van der Waals surface area (Å²) in [6, 6.07) is 1.65. The van der Waals surface area contributed by atoms with Crippen molar-refractivity contribution < 1.29 is 4.79 Å². The molecule has 0 saturated heterocycles. The van der Waals surface area contributed by atoms with E-state index in [0.717, 1.165) is 19.5 Å². The number of Topliss-reactive ketones (excluding diaryl/α,β-unsaturated/α-hetero) is 1. The summed E-state index contributed by atoms with van der Waals surface area (Å²) in [5, 5.41) is 0. The minimum atomic E-state index is 0.0449. The van der Waals surface area contributed by atoms with Gasteiger partial charge in [-0.05, 0) is 25.6 Å². The number of carbonyl (C=O) groups is 1. The normalized spacial score (nSPS) is 11.1. The Kier molecular flexibility index (Phi) is 5.76. The largest absolute Gasteiger partial charge is 0.296 e. The lowest BCUT2D eigenvalue weighted by atomic mass is 10.2. The Morgan fingerprint density at radius 1 is 1.44 bits per heavy atom. The predicted molar refractivity (Wildman–Crippen MR) is 71.1 cm³/mol. The first-order valence-corrected chi connectivity index (χ1v) is 6.86. The van der Waals surface area contributed by atoms with E-state index in [2.05, 4.69) is 11.8 Å². The summed E-state index contributed by atoms with van der Waals surface area (Å²) in [5.74, 6) is 0.0449. The number of thiophene rings is 1. The average molecular weight is 280 g/mol. The molecule has 0 aromatic carbocycles. The third-order valence-electron chi connectivity index (χ3n) is 2.31. The SMILES string of the molecule is CCCN(CC)CC(=O)c1cc(Cl)sc1Cl. The number of rotatable bonds is 6. The topological polar surface area (TPSA) is 20.3 Å². The molecule has 0 radical (unpaired) electrons. The fraction of sp³-hybridized carbons (Fsp3) is 0.545. The van der Waals surface area contributed by atoms with E-state index >= 15 is 0 Å². The number of ketones is 1. The number of carbonyl (C=O) groups excluding carboxylic acids is 1. The molecule has 0 atom stereocenters. The Bertz CT molecular complexity index is 365. The molecule has 0 amide bonds. The highest BCUT2D eigenvalue weighted by Gasteiger charge is 2.16. The van der Waals surface area contributed by atoms with Crippen molar-refractivity contribution in [3.05, 3.63) is 20.3 Å². The van der Waals surface area contributed by atoms with Crippen LogP contribution in [-0.4, -0.2) is 30.3 Å². The first-order valence-electron chi connectivity index (χ1n) is 5.28. The Labute approximate surface area is 110 Å². The molecule has 16 heavy (non-hydrogen) atoms. The number of halogens is 2. The second-order valence-corrected chi connectivity index (χ2v) is 5.82. The van der Waals surface area contributed by atoms with Crippen molar-refractivity contribution in [1.29, 1.82) is 0 Å². The number of nitrogens with zero attached hydrogens (tertiary/aromatic N) is 1. The van der Waals surface area contributed by atoms with Crippen LogP contribution in [0.4, 0.5) is 0 Å². The molecule has 1 rings (SSSR count). The van der Waals surface area contributed by atoms with E-state index in [0.29, 0.717) is 20.8 Å². The van der Waals surface area contributed by atoms with Gasteiger partial charge >= 0.3 is 0 Å². The summed E-state index contributed by atoms with van der Waals surface area (Å²) in [6.07, 6.45) is 1.04. The summed E-state index contributed by atoms with van der Waals surface area (Å²) in [5.41, 5.74) is 0.547. The van der Waals surface area contributed by atoms with Gasteiger partial charge in [0.15, 0.2) is 5.78 Å². The van der Waals surface area contributed by atoms with Gasteiger partial charge in [0.2, 0.25) is 0 Å². The molecule has 2 nitrogen and oxygen atoms in total. The highest BCUT2D eigenvalue weighted by Crippen LogP contribution is 2.31. The van der Waals surface area contributed by atoms with Gasteiger partial charge in [0.05, 0.1) is 16.4 Å². The second kappa shape index (κ2) is 6.60. The van der Waals surface area contributed by atoms with Crippen LogP contribution in [0.1, 0.15) is 30.6 Å². The molecule has 0 saturated carbocycles. The Balaban J connectivity index is 2.67. The Morgan fingerprint density at radius 2 is 2.12 bits per heavy atom. The van der Waals surface area contributed by atoms with Crippen molar-refractivity contribution in [2.24, 2.45) is 0 Å². The molecular formula is C11H15Cl2NOS. The maximum atomic E-state index is 11.9. The lowest BCUT2D eigenvalue weighted by Gasteiger charge is -2.18. The standard InChI is InChI=1S/C11H15Cl2NOS/c1-3-5-14(4-2)7-9(15)8-6-10(12)16-11(8)13/h6H,3-5,7H2,1-2H3. The molecule has 0 N–H and O–H groups in total. The molecule has 1 aromatic rings. The van der Waals surface area contributed by atoms with Crippen molar-refractivity contribution in [1.82, 2.24) is 4.90 Å². The quantitative estimate of drug-likeness (QED) is 0.735. The summed E-state index contributed by atoms with van der Waals surface area (Å²) < 4.78 is 1.05. The van der Waals surface area contributed by atoms with Crippen LogP contribution in [0.15, 0.2) is 6.07 Å². The molecule has 5 heteroatoms. The van der Waals surface area contributed by atoms with Gasteiger partial charge in [0, 0.05) is 0 Å². The maximum absolute atomic E-state index is 11.9. The summed E-state index contributed by atoms with van der Waals surface area (Å²) in [6.45, 7) is 6.36. The second-order valence-electron chi connectivity index (χ2n) is 3.53. The van der Waals surface area contributed by atoms with Gasteiger partial charge in [-0.3, -0.25) is 9.69 Å². The zero-order chi connectivity index (χ0) is 12.1. The van der Waals surface area contributed by atoms with E-state index in [1.54, 1.807) is 6.07 Å². The molecule has 0 bridgehead atoms. The van der Waals surface area contributed by atoms with Crippen LogP contribution >= 0.6 is 34.5 Å². The summed E-state index contributed by atoms with van der Waals surface area (Å²) >= 11 is 13.0. The van der Waals surface area contributed by atoms with Gasteiger partial charge in [0.25, 0.3) is 0 Å². The molecule has 1 heterocycles. The molecule has 0 aliphatic carbocycles. The van der Waals surface area contributed by atoms with Crippen LogP contribution in [0.2, 0.25) is 8.67 Å². The van der Waals surface area contributed by atoms with Crippen molar-refractivity contribution in [3.63, 3.8) is 0 Å². The van der Waals surface area contributed by atoms with Crippen LogP contribution in [-0.2, 0) is 0 Å². The number of likely N-dealkylation sites (N-methyl/N-ethyl adjacent to an activating group) is 1. The molecule has 0 aliphatic heterocycles. The van der Waals surface area contributed by atoms with Crippen LogP contribution in [0.3, 0.4) is 0 Å². The van der Waals surface area contributed by atoms with E-state index < -0.39 is 0 Å². The van der Waals surface area contributed by atoms with Gasteiger partial charge in [-0.25, -0.2) is 0 Å². The molecule has 1 aromatic heterocycles. The van der Waals surface area contributed by atoms with E-state index in [1.165, 1.54) is 11.3 Å². The molecule has 0 spiro atoms. The minimum Gasteiger partial charge on any atom is -0.296 e. The first-order chi connectivity index (χ1) is 7.58. The molecule has 0 unspecified atom stereocenters. The van der Waals surface area contributed by atoms with E-state index in [4.69, 9.17) is 23.2 Å².